The Labute approximate surface area is 180 Å². The van der Waals surface area contributed by atoms with Crippen LogP contribution < -0.4 is 23.8 Å². The van der Waals surface area contributed by atoms with Crippen molar-refractivity contribution in [2.45, 2.75) is 23.8 Å². The number of halogens is 1. The molecular formula is C20H23ClN2O6S. The second-order valence-corrected chi connectivity index (χ2v) is 8.99. The van der Waals surface area contributed by atoms with Gasteiger partial charge in [0.15, 0.2) is 11.5 Å². The first-order chi connectivity index (χ1) is 14.3. The highest BCUT2D eigenvalue weighted by Crippen LogP contribution is 2.37. The Balaban J connectivity index is 2.08. The third-order valence-electron chi connectivity index (χ3n) is 4.58. The predicted molar refractivity (Wildman–Crippen MR) is 113 cm³/mol. The fourth-order valence-corrected chi connectivity index (χ4v) is 4.50. The van der Waals surface area contributed by atoms with E-state index in [1.54, 1.807) is 12.1 Å². The molecule has 0 atom stereocenters. The molecule has 30 heavy (non-hydrogen) atoms. The van der Waals surface area contributed by atoms with Gasteiger partial charge in [0, 0.05) is 17.1 Å². The number of nitrogens with zero attached hydrogens (tertiary/aromatic N) is 1. The molecule has 0 aliphatic heterocycles. The molecule has 1 fully saturated rings. The number of hydrogen-bond donors (Lipinski definition) is 1. The number of ether oxygens (including phenoxy) is 3. The second kappa shape index (κ2) is 9.01. The Bertz CT molecular complexity index is 1040. The number of methoxy groups -OCH3 is 3. The van der Waals surface area contributed by atoms with Crippen molar-refractivity contribution in [3.63, 3.8) is 0 Å². The SMILES string of the molecule is COc1ccc(S(=O)(=O)N(CC(=O)NC2CC2)c2cc(Cl)ccc2OC)cc1OC. The zero-order chi connectivity index (χ0) is 21.9. The Kier molecular flexibility index (Phi) is 6.62. The van der Waals surface area contributed by atoms with Crippen LogP contribution in [0.1, 0.15) is 12.8 Å². The van der Waals surface area contributed by atoms with Crippen LogP contribution in [0.4, 0.5) is 5.69 Å². The molecule has 3 rings (SSSR count). The van der Waals surface area contributed by atoms with E-state index in [0.717, 1.165) is 17.1 Å². The average Bonchev–Trinajstić information content (AvgIpc) is 3.55. The summed E-state index contributed by atoms with van der Waals surface area (Å²) in [6.45, 7) is -0.427. The molecule has 0 bridgehead atoms. The van der Waals surface area contributed by atoms with Gasteiger partial charge in [-0.05, 0) is 43.2 Å². The van der Waals surface area contributed by atoms with Gasteiger partial charge in [-0.3, -0.25) is 9.10 Å². The lowest BCUT2D eigenvalue weighted by molar-refractivity contribution is -0.119. The largest absolute Gasteiger partial charge is 0.495 e. The van der Waals surface area contributed by atoms with Gasteiger partial charge in [-0.25, -0.2) is 8.42 Å². The molecule has 1 saturated carbocycles. The maximum Gasteiger partial charge on any atom is 0.265 e. The first-order valence-electron chi connectivity index (χ1n) is 9.17. The molecule has 0 radical (unpaired) electrons. The van der Waals surface area contributed by atoms with E-state index in [9.17, 15) is 13.2 Å². The zero-order valence-corrected chi connectivity index (χ0v) is 18.4. The highest BCUT2D eigenvalue weighted by molar-refractivity contribution is 7.92. The number of carbonyl (C=O) groups is 1. The van der Waals surface area contributed by atoms with Crippen molar-refractivity contribution in [2.75, 3.05) is 32.2 Å². The predicted octanol–water partition coefficient (Wildman–Crippen LogP) is 2.84. The lowest BCUT2D eigenvalue weighted by atomic mass is 10.3. The number of carbonyl (C=O) groups excluding carboxylic acids is 1. The van der Waals surface area contributed by atoms with Gasteiger partial charge in [-0.1, -0.05) is 11.6 Å². The van der Waals surface area contributed by atoms with E-state index in [2.05, 4.69) is 5.32 Å². The molecule has 10 heteroatoms. The van der Waals surface area contributed by atoms with E-state index in [1.807, 2.05) is 0 Å². The van der Waals surface area contributed by atoms with Gasteiger partial charge in [0.1, 0.15) is 12.3 Å². The number of benzene rings is 2. The number of sulfonamides is 1. The van der Waals surface area contributed by atoms with E-state index in [4.69, 9.17) is 25.8 Å². The van der Waals surface area contributed by atoms with Crippen molar-refractivity contribution in [3.05, 3.63) is 41.4 Å². The van der Waals surface area contributed by atoms with E-state index in [0.29, 0.717) is 10.8 Å². The molecule has 2 aromatic carbocycles. The van der Waals surface area contributed by atoms with Gasteiger partial charge in [0.2, 0.25) is 5.91 Å². The Hall–Kier alpha value is -2.65. The summed E-state index contributed by atoms with van der Waals surface area (Å²) in [6, 6.07) is 8.88. The van der Waals surface area contributed by atoms with Crippen LogP contribution in [0.15, 0.2) is 41.3 Å². The first kappa shape index (κ1) is 22.0. The lowest BCUT2D eigenvalue weighted by Gasteiger charge is -2.26. The standard InChI is InChI=1S/C20H23ClN2O6S/c1-27-17-8-4-13(21)10-16(17)23(12-20(24)22-14-5-6-14)30(25,26)15-7-9-18(28-2)19(11-15)29-3/h4,7-11,14H,5-6,12H2,1-3H3,(H,22,24). The van der Waals surface area contributed by atoms with Crippen molar-refractivity contribution < 1.29 is 27.4 Å². The number of amides is 1. The molecule has 1 aliphatic rings. The van der Waals surface area contributed by atoms with Crippen molar-refractivity contribution in [1.29, 1.82) is 0 Å². The van der Waals surface area contributed by atoms with Crippen molar-refractivity contribution in [1.82, 2.24) is 5.32 Å². The van der Waals surface area contributed by atoms with E-state index < -0.39 is 22.5 Å². The molecule has 0 unspecified atom stereocenters. The summed E-state index contributed by atoms with van der Waals surface area (Å²) >= 11 is 6.12. The molecular weight excluding hydrogens is 432 g/mol. The Morgan fingerprint density at radius 3 is 2.27 bits per heavy atom. The summed E-state index contributed by atoms with van der Waals surface area (Å²) < 4.78 is 43.9. The van der Waals surface area contributed by atoms with E-state index >= 15 is 0 Å². The Morgan fingerprint density at radius 2 is 1.67 bits per heavy atom. The zero-order valence-electron chi connectivity index (χ0n) is 16.8. The number of rotatable bonds is 9. The number of hydrogen-bond acceptors (Lipinski definition) is 6. The van der Waals surface area contributed by atoms with Crippen LogP contribution in [0.3, 0.4) is 0 Å². The minimum atomic E-state index is -4.17. The van der Waals surface area contributed by atoms with E-state index in [1.165, 1.54) is 45.6 Å². The van der Waals surface area contributed by atoms with Crippen LogP contribution >= 0.6 is 11.6 Å². The topological polar surface area (TPSA) is 94.2 Å². The fourth-order valence-electron chi connectivity index (χ4n) is 2.89. The van der Waals surface area contributed by atoms with Gasteiger partial charge in [0.25, 0.3) is 10.0 Å². The maximum absolute atomic E-state index is 13.6. The number of nitrogens with one attached hydrogen (secondary N) is 1. The summed E-state index contributed by atoms with van der Waals surface area (Å²) in [5.74, 6) is 0.486. The van der Waals surface area contributed by atoms with Crippen LogP contribution in [0, 0.1) is 0 Å². The molecule has 0 spiro atoms. The van der Waals surface area contributed by atoms with Gasteiger partial charge in [-0.2, -0.15) is 0 Å². The first-order valence-corrected chi connectivity index (χ1v) is 11.0. The summed E-state index contributed by atoms with van der Waals surface area (Å²) in [6.07, 6.45) is 1.77. The van der Waals surface area contributed by atoms with Gasteiger partial charge in [0.05, 0.1) is 31.9 Å². The van der Waals surface area contributed by atoms with Crippen molar-refractivity contribution in [3.8, 4) is 17.2 Å². The molecule has 1 amide bonds. The normalized spacial score (nSPS) is 13.5. The molecule has 162 valence electrons. The minimum Gasteiger partial charge on any atom is -0.495 e. The van der Waals surface area contributed by atoms with Crippen LogP contribution in [0.5, 0.6) is 17.2 Å². The molecule has 0 aromatic heterocycles. The van der Waals surface area contributed by atoms with Crippen molar-refractivity contribution in [2.24, 2.45) is 0 Å². The smallest absolute Gasteiger partial charge is 0.265 e. The Morgan fingerprint density at radius 1 is 1.03 bits per heavy atom. The van der Waals surface area contributed by atoms with Crippen LogP contribution in [0.25, 0.3) is 0 Å². The average molecular weight is 455 g/mol. The molecule has 2 aromatic rings. The quantitative estimate of drug-likeness (QED) is 0.626. The van der Waals surface area contributed by atoms with Gasteiger partial charge in [-0.15, -0.1) is 0 Å². The molecule has 1 aliphatic carbocycles. The highest BCUT2D eigenvalue weighted by Gasteiger charge is 2.32. The monoisotopic (exact) mass is 454 g/mol. The van der Waals surface area contributed by atoms with Crippen molar-refractivity contribution >= 4 is 33.2 Å². The summed E-state index contributed by atoms with van der Waals surface area (Å²) in [5, 5.41) is 3.11. The summed E-state index contributed by atoms with van der Waals surface area (Å²) in [4.78, 5) is 12.5. The third-order valence-corrected chi connectivity index (χ3v) is 6.57. The van der Waals surface area contributed by atoms with Gasteiger partial charge >= 0.3 is 0 Å². The summed E-state index contributed by atoms with van der Waals surface area (Å²) in [5.41, 5.74) is 0.158. The second-order valence-electron chi connectivity index (χ2n) is 6.69. The van der Waals surface area contributed by atoms with Crippen LogP contribution in [-0.4, -0.2) is 48.2 Å². The van der Waals surface area contributed by atoms with Crippen LogP contribution in [0.2, 0.25) is 5.02 Å². The molecule has 1 N–H and O–H groups in total. The minimum absolute atomic E-state index is 0.0681. The number of anilines is 1. The fraction of sp³-hybridized carbons (Fsp3) is 0.350. The third kappa shape index (κ3) is 4.73. The molecule has 0 heterocycles. The molecule has 8 nitrogen and oxygen atoms in total. The van der Waals surface area contributed by atoms with E-state index in [-0.39, 0.29) is 28.1 Å². The highest BCUT2D eigenvalue weighted by atomic mass is 35.5. The van der Waals surface area contributed by atoms with Crippen LogP contribution in [-0.2, 0) is 14.8 Å². The summed E-state index contributed by atoms with van der Waals surface area (Å²) in [7, 11) is 0.109. The molecule has 0 saturated heterocycles. The van der Waals surface area contributed by atoms with Gasteiger partial charge < -0.3 is 19.5 Å². The lowest BCUT2D eigenvalue weighted by Crippen LogP contribution is -2.41. The maximum atomic E-state index is 13.6.